The first kappa shape index (κ1) is 21.8. The molecular formula is C24H28N2O3S2. The second-order valence-corrected chi connectivity index (χ2v) is 9.94. The zero-order valence-corrected chi connectivity index (χ0v) is 19.6. The summed E-state index contributed by atoms with van der Waals surface area (Å²) in [6.45, 7) is 3.06. The van der Waals surface area contributed by atoms with Gasteiger partial charge in [-0.15, -0.1) is 22.7 Å². The number of thiophene rings is 1. The third-order valence-corrected chi connectivity index (χ3v) is 7.29. The second kappa shape index (κ2) is 10.3. The minimum atomic E-state index is 0.147. The molecule has 1 aliphatic rings. The summed E-state index contributed by atoms with van der Waals surface area (Å²) in [6, 6.07) is 10.3. The van der Waals surface area contributed by atoms with Crippen molar-refractivity contribution in [3.63, 3.8) is 0 Å². The number of nitrogens with zero attached hydrogens (tertiary/aromatic N) is 2. The fraction of sp³-hybridized carbons (Fsp3) is 0.417. The van der Waals surface area contributed by atoms with Crippen LogP contribution in [-0.4, -0.2) is 28.9 Å². The Kier molecular flexibility index (Phi) is 7.25. The lowest BCUT2D eigenvalue weighted by Gasteiger charge is -2.29. The molecule has 4 rings (SSSR count). The van der Waals surface area contributed by atoms with Gasteiger partial charge in [0.25, 0.3) is 0 Å². The number of ether oxygens (including phenoxy) is 2. The van der Waals surface area contributed by atoms with Gasteiger partial charge in [0.05, 0.1) is 24.2 Å². The minimum Gasteiger partial charge on any atom is -0.493 e. The number of hydrogen-bond donors (Lipinski definition) is 0. The van der Waals surface area contributed by atoms with E-state index >= 15 is 0 Å². The van der Waals surface area contributed by atoms with Gasteiger partial charge in [0.1, 0.15) is 6.61 Å². The van der Waals surface area contributed by atoms with Gasteiger partial charge in [-0.25, -0.2) is 4.98 Å². The van der Waals surface area contributed by atoms with E-state index in [0.29, 0.717) is 37.1 Å². The third-order valence-electron chi connectivity index (χ3n) is 5.62. The molecular weight excluding hydrogens is 428 g/mol. The van der Waals surface area contributed by atoms with E-state index in [0.717, 1.165) is 34.0 Å². The number of methoxy groups -OCH3 is 1. The monoisotopic (exact) mass is 456 g/mol. The van der Waals surface area contributed by atoms with E-state index in [4.69, 9.17) is 9.47 Å². The van der Waals surface area contributed by atoms with Crippen LogP contribution in [0.15, 0.2) is 41.1 Å². The summed E-state index contributed by atoms with van der Waals surface area (Å²) in [6.07, 6.45) is 4.86. The molecule has 7 heteroatoms. The molecule has 0 N–H and O–H groups in total. The number of amides is 1. The molecule has 1 fully saturated rings. The molecule has 5 nitrogen and oxygen atoms in total. The van der Waals surface area contributed by atoms with Crippen molar-refractivity contribution in [1.29, 1.82) is 0 Å². The Morgan fingerprint density at radius 1 is 1.19 bits per heavy atom. The molecule has 0 aliphatic heterocycles. The van der Waals surface area contributed by atoms with Crippen molar-refractivity contribution in [3.8, 4) is 11.5 Å². The second-order valence-electron chi connectivity index (χ2n) is 7.85. The predicted molar refractivity (Wildman–Crippen MR) is 125 cm³/mol. The van der Waals surface area contributed by atoms with Gasteiger partial charge in [-0.2, -0.15) is 0 Å². The highest BCUT2D eigenvalue weighted by Gasteiger charge is 2.27. The molecule has 164 valence electrons. The first-order valence-electron chi connectivity index (χ1n) is 10.6. The zero-order valence-electron chi connectivity index (χ0n) is 18.0. The van der Waals surface area contributed by atoms with E-state index in [1.54, 1.807) is 29.8 Å². The smallest absolute Gasteiger partial charge is 0.229 e. The number of rotatable bonds is 9. The van der Waals surface area contributed by atoms with Gasteiger partial charge in [0, 0.05) is 22.8 Å². The summed E-state index contributed by atoms with van der Waals surface area (Å²) in [7, 11) is 1.65. The molecule has 1 aromatic carbocycles. The van der Waals surface area contributed by atoms with Gasteiger partial charge in [-0.3, -0.25) is 4.79 Å². The van der Waals surface area contributed by atoms with Crippen molar-refractivity contribution in [3.05, 3.63) is 62.2 Å². The molecule has 0 spiro atoms. The number of hydrogen-bond acceptors (Lipinski definition) is 6. The molecule has 31 heavy (non-hydrogen) atoms. The normalized spacial score (nSPS) is 14.0. The van der Waals surface area contributed by atoms with Crippen LogP contribution in [0.1, 0.15) is 46.8 Å². The van der Waals surface area contributed by atoms with Crippen molar-refractivity contribution in [2.24, 2.45) is 0 Å². The van der Waals surface area contributed by atoms with Crippen molar-refractivity contribution in [2.45, 2.75) is 58.2 Å². The van der Waals surface area contributed by atoms with E-state index in [1.165, 1.54) is 12.8 Å². The van der Waals surface area contributed by atoms with Crippen LogP contribution in [0.4, 0.5) is 0 Å². The maximum Gasteiger partial charge on any atom is 0.229 e. The zero-order chi connectivity index (χ0) is 21.6. The molecule has 1 amide bonds. The minimum absolute atomic E-state index is 0.147. The number of thiazole rings is 1. The largest absolute Gasteiger partial charge is 0.493 e. The standard InChI is InChI=1S/C24H28N2O3S2/c1-17-25-19(16-31-17)13-24(27)26(20-6-3-4-7-20)14-18-9-10-22(28-2)23(12-18)29-15-21-8-5-11-30-21/h5,8-12,16,20H,3-4,6-7,13-15H2,1-2H3. The quantitative estimate of drug-likeness (QED) is 0.420. The molecule has 0 radical (unpaired) electrons. The van der Waals surface area contributed by atoms with Gasteiger partial charge in [-0.05, 0) is 48.9 Å². The van der Waals surface area contributed by atoms with Crippen molar-refractivity contribution in [1.82, 2.24) is 9.88 Å². The number of aromatic nitrogens is 1. The first-order valence-corrected chi connectivity index (χ1v) is 12.4. The Bertz CT molecular complexity index is 994. The average molecular weight is 457 g/mol. The van der Waals surface area contributed by atoms with Crippen molar-refractivity contribution >= 4 is 28.6 Å². The van der Waals surface area contributed by atoms with Crippen LogP contribution >= 0.6 is 22.7 Å². The highest BCUT2D eigenvalue weighted by molar-refractivity contribution is 7.10. The Balaban J connectivity index is 1.51. The third kappa shape index (κ3) is 5.66. The van der Waals surface area contributed by atoms with Crippen LogP contribution in [-0.2, 0) is 24.4 Å². The highest BCUT2D eigenvalue weighted by Crippen LogP contribution is 2.31. The molecule has 0 saturated heterocycles. The average Bonchev–Trinajstić information content (AvgIpc) is 3.54. The Morgan fingerprint density at radius 2 is 2.03 bits per heavy atom. The van der Waals surface area contributed by atoms with Gasteiger partial charge in [-0.1, -0.05) is 25.0 Å². The van der Waals surface area contributed by atoms with E-state index in [1.807, 2.05) is 46.8 Å². The number of aryl methyl sites for hydroxylation is 1. The van der Waals surface area contributed by atoms with Gasteiger partial charge in [0.15, 0.2) is 11.5 Å². The molecule has 0 bridgehead atoms. The molecule has 0 unspecified atom stereocenters. The maximum absolute atomic E-state index is 13.2. The number of benzene rings is 1. The summed E-state index contributed by atoms with van der Waals surface area (Å²) < 4.78 is 11.5. The summed E-state index contributed by atoms with van der Waals surface area (Å²) in [4.78, 5) is 20.9. The summed E-state index contributed by atoms with van der Waals surface area (Å²) >= 11 is 3.26. The molecule has 1 saturated carbocycles. The van der Waals surface area contributed by atoms with E-state index in [2.05, 4.69) is 11.1 Å². The fourth-order valence-electron chi connectivity index (χ4n) is 4.06. The lowest BCUT2D eigenvalue weighted by atomic mass is 10.1. The van der Waals surface area contributed by atoms with E-state index < -0.39 is 0 Å². The van der Waals surface area contributed by atoms with Crippen LogP contribution < -0.4 is 9.47 Å². The Labute approximate surface area is 191 Å². The molecule has 0 atom stereocenters. The highest BCUT2D eigenvalue weighted by atomic mass is 32.1. The predicted octanol–water partition coefficient (Wildman–Crippen LogP) is 5.61. The lowest BCUT2D eigenvalue weighted by molar-refractivity contribution is -0.133. The van der Waals surface area contributed by atoms with E-state index in [9.17, 15) is 4.79 Å². The lowest BCUT2D eigenvalue weighted by Crippen LogP contribution is -2.39. The van der Waals surface area contributed by atoms with Gasteiger partial charge in [0.2, 0.25) is 5.91 Å². The van der Waals surface area contributed by atoms with Crippen molar-refractivity contribution < 1.29 is 14.3 Å². The number of carbonyl (C=O) groups is 1. The Hall–Kier alpha value is -2.38. The molecule has 2 aromatic heterocycles. The molecule has 1 aliphatic carbocycles. The number of carbonyl (C=O) groups excluding carboxylic acids is 1. The van der Waals surface area contributed by atoms with Gasteiger partial charge < -0.3 is 14.4 Å². The van der Waals surface area contributed by atoms with E-state index in [-0.39, 0.29) is 5.91 Å². The van der Waals surface area contributed by atoms with Crippen LogP contribution in [0.2, 0.25) is 0 Å². The first-order chi connectivity index (χ1) is 15.1. The summed E-state index contributed by atoms with van der Waals surface area (Å²) in [5.41, 5.74) is 1.92. The topological polar surface area (TPSA) is 51.7 Å². The fourth-order valence-corrected chi connectivity index (χ4v) is 5.28. The molecule has 2 heterocycles. The SMILES string of the molecule is COc1ccc(CN(C(=O)Cc2csc(C)n2)C2CCCC2)cc1OCc1cccs1. The molecule has 3 aromatic rings. The van der Waals surface area contributed by atoms with Crippen LogP contribution in [0.5, 0.6) is 11.5 Å². The van der Waals surface area contributed by atoms with Crippen molar-refractivity contribution in [2.75, 3.05) is 7.11 Å². The summed E-state index contributed by atoms with van der Waals surface area (Å²) in [5, 5.41) is 5.03. The summed E-state index contributed by atoms with van der Waals surface area (Å²) in [5.74, 6) is 1.56. The maximum atomic E-state index is 13.2. The van der Waals surface area contributed by atoms with Gasteiger partial charge >= 0.3 is 0 Å². The van der Waals surface area contributed by atoms with Crippen LogP contribution in [0.3, 0.4) is 0 Å². The van der Waals surface area contributed by atoms with Crippen LogP contribution in [0.25, 0.3) is 0 Å². The van der Waals surface area contributed by atoms with Crippen LogP contribution in [0, 0.1) is 6.92 Å². The Morgan fingerprint density at radius 3 is 2.71 bits per heavy atom.